The van der Waals surface area contributed by atoms with Gasteiger partial charge in [0.05, 0.1) is 12.7 Å². The Bertz CT molecular complexity index is 1660. The highest BCUT2D eigenvalue weighted by molar-refractivity contribution is 5.95. The number of methoxy groups -OCH3 is 1. The summed E-state index contributed by atoms with van der Waals surface area (Å²) < 4.78 is 18.8. The topological polar surface area (TPSA) is 63.7 Å². The summed E-state index contributed by atoms with van der Waals surface area (Å²) in [6, 6.07) is 27.4. The highest BCUT2D eigenvalue weighted by atomic mass is 19.1. The maximum atomic E-state index is 13.9. The molecule has 4 aromatic rings. The molecular weight excluding hydrogens is 529 g/mol. The summed E-state index contributed by atoms with van der Waals surface area (Å²) in [6.07, 6.45) is 2.53. The van der Waals surface area contributed by atoms with Gasteiger partial charge in [0.15, 0.2) is 0 Å². The Kier molecular flexibility index (Phi) is 7.70. The van der Waals surface area contributed by atoms with Crippen LogP contribution >= 0.6 is 0 Å². The number of rotatable bonds is 8. The highest BCUT2D eigenvalue weighted by Gasteiger charge is 2.43. The van der Waals surface area contributed by atoms with Crippen molar-refractivity contribution in [1.29, 1.82) is 0 Å². The van der Waals surface area contributed by atoms with Gasteiger partial charge in [-0.15, -0.1) is 0 Å². The van der Waals surface area contributed by atoms with Gasteiger partial charge in [0.1, 0.15) is 11.6 Å². The number of aryl methyl sites for hydroxylation is 1. The molecule has 0 spiro atoms. The third kappa shape index (κ3) is 5.62. The molecule has 1 aliphatic carbocycles. The lowest BCUT2D eigenvalue weighted by Crippen LogP contribution is -2.36. The van der Waals surface area contributed by atoms with Crippen LogP contribution in [0.2, 0.25) is 0 Å². The fourth-order valence-electron chi connectivity index (χ4n) is 6.22. The number of amides is 1. The number of hydrogen-bond acceptors (Lipinski definition) is 4. The van der Waals surface area contributed by atoms with Gasteiger partial charge in [0.2, 0.25) is 0 Å². The van der Waals surface area contributed by atoms with Gasteiger partial charge in [-0.2, -0.15) is 0 Å². The van der Waals surface area contributed by atoms with E-state index in [4.69, 9.17) is 4.74 Å². The van der Waals surface area contributed by atoms with Gasteiger partial charge in [-0.3, -0.25) is 9.59 Å². The van der Waals surface area contributed by atoms with E-state index in [0.717, 1.165) is 34.2 Å². The summed E-state index contributed by atoms with van der Waals surface area (Å²) in [4.78, 5) is 40.5. The number of ketones is 1. The van der Waals surface area contributed by atoms with Gasteiger partial charge < -0.3 is 9.64 Å². The third-order valence-electron chi connectivity index (χ3n) is 8.53. The maximum absolute atomic E-state index is 13.9. The molecule has 2 atom stereocenters. The Balaban J connectivity index is 1.28. The van der Waals surface area contributed by atoms with E-state index in [-0.39, 0.29) is 17.6 Å². The zero-order valence-corrected chi connectivity index (χ0v) is 23.5. The summed E-state index contributed by atoms with van der Waals surface area (Å²) in [7, 11) is 1.36. The molecule has 0 saturated heterocycles. The number of carbonyl (C=O) groups is 3. The van der Waals surface area contributed by atoms with E-state index in [1.165, 1.54) is 24.8 Å². The van der Waals surface area contributed by atoms with Gasteiger partial charge in [0, 0.05) is 31.0 Å². The molecule has 0 aromatic heterocycles. The average Bonchev–Trinajstić information content (AvgIpc) is 3.84. The van der Waals surface area contributed by atoms with Crippen molar-refractivity contribution < 1.29 is 23.5 Å². The molecule has 1 heterocycles. The number of fused-ring (bicyclic) bond motifs is 1. The van der Waals surface area contributed by atoms with Crippen molar-refractivity contribution in [3.05, 3.63) is 130 Å². The molecule has 42 heavy (non-hydrogen) atoms. The molecule has 1 fully saturated rings. The predicted molar refractivity (Wildman–Crippen MR) is 159 cm³/mol. The molecule has 2 unspecified atom stereocenters. The number of nitrogens with zero attached hydrogens (tertiary/aromatic N) is 1. The van der Waals surface area contributed by atoms with Gasteiger partial charge in [-0.05, 0) is 88.9 Å². The van der Waals surface area contributed by atoms with E-state index in [1.54, 1.807) is 23.1 Å². The molecule has 4 aromatic carbocycles. The molecule has 1 saturated carbocycles. The van der Waals surface area contributed by atoms with Crippen LogP contribution in [0.1, 0.15) is 61.7 Å². The van der Waals surface area contributed by atoms with E-state index in [9.17, 15) is 18.8 Å². The number of Topliss-reactive ketones (excluding diaryl/α,β-unsaturated/α-hetero) is 1. The van der Waals surface area contributed by atoms with Crippen molar-refractivity contribution in [2.45, 2.75) is 38.1 Å². The standard InChI is InChI=1S/C36H32FNO4/c1-42-36(41)27-11-5-9-25(19-27)29-15-13-24(14-16-34(39)32-21-31(32)23-7-3-2-4-8-23)33-22-38(18-17-30(29)33)35(40)26-10-6-12-28(37)20-26/h2-13,15,19-20,31-32H,14,16-18,21-22H2,1H3. The lowest BCUT2D eigenvalue weighted by Gasteiger charge is -2.32. The molecule has 6 heteroatoms. The SMILES string of the molecule is COC(=O)c1cccc(-c2ccc(CCC(=O)C3CC3c3ccccc3)c3c2CCN(C(=O)c2cccc(F)c2)C3)c1. The number of esters is 1. The Morgan fingerprint density at radius 3 is 2.45 bits per heavy atom. The van der Waals surface area contributed by atoms with Gasteiger partial charge >= 0.3 is 5.97 Å². The second-order valence-electron chi connectivity index (χ2n) is 11.1. The minimum Gasteiger partial charge on any atom is -0.465 e. The molecule has 6 rings (SSSR count). The lowest BCUT2D eigenvalue weighted by molar-refractivity contribution is -0.120. The van der Waals surface area contributed by atoms with Crippen LogP contribution in [-0.2, 0) is 28.9 Å². The van der Waals surface area contributed by atoms with Crippen LogP contribution in [-0.4, -0.2) is 36.2 Å². The van der Waals surface area contributed by atoms with Gasteiger partial charge in [-0.1, -0.05) is 60.7 Å². The summed E-state index contributed by atoms with van der Waals surface area (Å²) in [5.41, 5.74) is 7.07. The van der Waals surface area contributed by atoms with E-state index in [2.05, 4.69) is 18.2 Å². The number of carbonyl (C=O) groups excluding carboxylic acids is 3. The first-order valence-electron chi connectivity index (χ1n) is 14.4. The van der Waals surface area contributed by atoms with Crippen LogP contribution in [0.15, 0.2) is 91.0 Å². The quantitative estimate of drug-likeness (QED) is 0.223. The fraction of sp³-hybridized carbons (Fsp3) is 0.250. The summed E-state index contributed by atoms with van der Waals surface area (Å²) >= 11 is 0. The molecule has 0 radical (unpaired) electrons. The second-order valence-corrected chi connectivity index (χ2v) is 11.1. The van der Waals surface area contributed by atoms with E-state index >= 15 is 0 Å². The van der Waals surface area contributed by atoms with E-state index in [0.29, 0.717) is 49.4 Å². The predicted octanol–water partition coefficient (Wildman–Crippen LogP) is 6.78. The molecule has 212 valence electrons. The van der Waals surface area contributed by atoms with Crippen molar-refractivity contribution in [3.8, 4) is 11.1 Å². The van der Waals surface area contributed by atoms with Crippen LogP contribution in [0.4, 0.5) is 4.39 Å². The smallest absolute Gasteiger partial charge is 0.337 e. The van der Waals surface area contributed by atoms with Crippen molar-refractivity contribution in [2.24, 2.45) is 5.92 Å². The number of benzene rings is 4. The largest absolute Gasteiger partial charge is 0.465 e. The normalized spacial score (nSPS) is 17.3. The van der Waals surface area contributed by atoms with Gasteiger partial charge in [0.25, 0.3) is 5.91 Å². The third-order valence-corrected chi connectivity index (χ3v) is 8.53. The fourth-order valence-corrected chi connectivity index (χ4v) is 6.22. The second kappa shape index (κ2) is 11.7. The Hall–Kier alpha value is -4.58. The summed E-state index contributed by atoms with van der Waals surface area (Å²) in [5, 5.41) is 0. The summed E-state index contributed by atoms with van der Waals surface area (Å²) in [5.74, 6) is -0.424. The number of halogens is 1. The Morgan fingerprint density at radius 2 is 1.67 bits per heavy atom. The lowest BCUT2D eigenvalue weighted by atomic mass is 9.85. The van der Waals surface area contributed by atoms with Gasteiger partial charge in [-0.25, -0.2) is 9.18 Å². The molecule has 5 nitrogen and oxygen atoms in total. The monoisotopic (exact) mass is 561 g/mol. The molecule has 1 amide bonds. The number of hydrogen-bond donors (Lipinski definition) is 0. The van der Waals surface area contributed by atoms with Crippen LogP contribution in [0.25, 0.3) is 11.1 Å². The maximum Gasteiger partial charge on any atom is 0.337 e. The first kappa shape index (κ1) is 27.6. The molecule has 0 N–H and O–H groups in total. The van der Waals surface area contributed by atoms with E-state index < -0.39 is 11.8 Å². The van der Waals surface area contributed by atoms with Crippen LogP contribution < -0.4 is 0 Å². The zero-order chi connectivity index (χ0) is 29.2. The minimum absolute atomic E-state index is 0.0645. The van der Waals surface area contributed by atoms with Crippen LogP contribution in [0, 0.1) is 11.7 Å². The van der Waals surface area contributed by atoms with Crippen molar-refractivity contribution >= 4 is 17.7 Å². The minimum atomic E-state index is -0.445. The zero-order valence-electron chi connectivity index (χ0n) is 23.5. The average molecular weight is 562 g/mol. The molecule has 2 aliphatic rings. The highest BCUT2D eigenvalue weighted by Crippen LogP contribution is 2.48. The summed E-state index contributed by atoms with van der Waals surface area (Å²) in [6.45, 7) is 0.851. The van der Waals surface area contributed by atoms with Crippen molar-refractivity contribution in [3.63, 3.8) is 0 Å². The van der Waals surface area contributed by atoms with Crippen molar-refractivity contribution in [2.75, 3.05) is 13.7 Å². The molecule has 1 aliphatic heterocycles. The molecule has 0 bridgehead atoms. The number of ether oxygens (including phenoxy) is 1. The Morgan fingerprint density at radius 1 is 0.881 bits per heavy atom. The Labute approximate surface area is 244 Å². The first-order valence-corrected chi connectivity index (χ1v) is 14.4. The van der Waals surface area contributed by atoms with E-state index in [1.807, 2.05) is 42.5 Å². The molecular formula is C36H32FNO4. The van der Waals surface area contributed by atoms with Crippen molar-refractivity contribution in [1.82, 2.24) is 4.90 Å². The first-order chi connectivity index (χ1) is 20.4. The van der Waals surface area contributed by atoms with Crippen LogP contribution in [0.3, 0.4) is 0 Å². The van der Waals surface area contributed by atoms with Crippen LogP contribution in [0.5, 0.6) is 0 Å².